The topological polar surface area (TPSA) is 181 Å². The van der Waals surface area contributed by atoms with Crippen LogP contribution in [0.25, 0.3) is 16.6 Å². The SMILES string of the molecule is O=C(NS(=O)(=O)c1ccc(NCC2COCCO2)c([N+](=O)[O-])c1)c1ccc(N2CCN(CC3=C(c4ccc(Cl)cc4)CC4(CCC4)CC3)CC2)cc1Oc1cnc2[nH]ccc2c1. The molecule has 0 radical (unpaired) electrons. The lowest BCUT2D eigenvalue weighted by molar-refractivity contribution is -0.384. The number of rotatable bonds is 13. The van der Waals surface area contributed by atoms with Crippen LogP contribution >= 0.6 is 11.6 Å². The summed E-state index contributed by atoms with van der Waals surface area (Å²) in [7, 11) is -4.58. The maximum atomic E-state index is 13.9. The molecule has 2 saturated heterocycles. The number of H-pyrrole nitrogens is 1. The van der Waals surface area contributed by atoms with E-state index in [-0.39, 0.29) is 29.6 Å². The van der Waals surface area contributed by atoms with Crippen LogP contribution in [0.3, 0.4) is 0 Å². The van der Waals surface area contributed by atoms with Crippen molar-refractivity contribution in [3.63, 3.8) is 0 Å². The molecule has 2 aliphatic carbocycles. The first-order valence-electron chi connectivity index (χ1n) is 21.0. The number of aromatic nitrogens is 2. The second-order valence-electron chi connectivity index (χ2n) is 16.6. The minimum atomic E-state index is -4.58. The van der Waals surface area contributed by atoms with E-state index in [2.05, 4.69) is 41.9 Å². The third-order valence-electron chi connectivity index (χ3n) is 12.6. The summed E-state index contributed by atoms with van der Waals surface area (Å²) in [6, 6.07) is 20.4. The van der Waals surface area contributed by atoms with Gasteiger partial charge in [-0.05, 0) is 97.2 Å². The Kier molecular flexibility index (Phi) is 11.9. The fourth-order valence-electron chi connectivity index (χ4n) is 9.00. The predicted molar refractivity (Wildman–Crippen MR) is 237 cm³/mol. The molecule has 17 heteroatoms. The Morgan fingerprint density at radius 2 is 1.84 bits per heavy atom. The molecule has 2 aliphatic heterocycles. The number of amides is 1. The van der Waals surface area contributed by atoms with Crippen LogP contribution in [-0.2, 0) is 19.5 Å². The van der Waals surface area contributed by atoms with E-state index in [1.165, 1.54) is 66.8 Å². The van der Waals surface area contributed by atoms with Crippen LogP contribution in [-0.4, -0.2) is 99.3 Å². The lowest BCUT2D eigenvalue weighted by atomic mass is 9.59. The van der Waals surface area contributed by atoms with Crippen molar-refractivity contribution in [1.29, 1.82) is 0 Å². The Labute approximate surface area is 364 Å². The molecular weight excluding hydrogens is 834 g/mol. The maximum absolute atomic E-state index is 13.9. The van der Waals surface area contributed by atoms with Crippen LogP contribution < -0.4 is 19.7 Å². The Bertz CT molecular complexity index is 2620. The Balaban J connectivity index is 0.926. The molecular formula is C45H48ClN7O8S. The molecule has 4 heterocycles. The largest absolute Gasteiger partial charge is 0.455 e. The maximum Gasteiger partial charge on any atom is 0.293 e. The standard InChI is InChI=1S/C45H48ClN7O8S/c46-33-4-2-30(3-5-33)39-25-45(12-1-13-45)14-10-32(39)28-51-16-18-52(19-17-51)34-6-8-38(42(23-34)61-35-22-31-11-15-47-43(31)49-26-35)44(54)50-62(57,58)37-7-9-40(41(24-37)53(55)56)48-27-36-29-59-20-21-60-36/h2-9,11,15,22-24,26,36,48H,1,10,12-14,16-21,25,27-29H2,(H,47,49)(H,50,54). The molecule has 324 valence electrons. The number of hydrogen-bond acceptors (Lipinski definition) is 12. The predicted octanol–water partition coefficient (Wildman–Crippen LogP) is 7.79. The summed E-state index contributed by atoms with van der Waals surface area (Å²) in [6.45, 7) is 5.45. The number of benzene rings is 3. The van der Waals surface area contributed by atoms with Crippen LogP contribution in [0, 0.1) is 15.5 Å². The molecule has 5 aromatic rings. The van der Waals surface area contributed by atoms with Gasteiger partial charge in [-0.2, -0.15) is 0 Å². The number of nitro benzene ring substituents is 1. The number of sulfonamides is 1. The van der Waals surface area contributed by atoms with Gasteiger partial charge in [0, 0.05) is 73.7 Å². The fraction of sp³-hybridized carbons (Fsp3) is 0.378. The molecule has 1 saturated carbocycles. The van der Waals surface area contributed by atoms with Crippen LogP contribution in [0.2, 0.25) is 5.02 Å². The highest BCUT2D eigenvalue weighted by molar-refractivity contribution is 7.90. The molecule has 62 heavy (non-hydrogen) atoms. The average Bonchev–Trinajstić information content (AvgIpc) is 3.74. The average molecular weight is 882 g/mol. The van der Waals surface area contributed by atoms with E-state index < -0.39 is 31.4 Å². The number of pyridine rings is 1. The first kappa shape index (κ1) is 41.8. The van der Waals surface area contributed by atoms with Gasteiger partial charge in [0.05, 0.1) is 47.5 Å². The zero-order valence-electron chi connectivity index (χ0n) is 34.1. The quantitative estimate of drug-likeness (QED) is 0.0773. The van der Waals surface area contributed by atoms with E-state index in [0.717, 1.165) is 67.7 Å². The molecule has 15 nitrogen and oxygen atoms in total. The van der Waals surface area contributed by atoms with Crippen LogP contribution in [0.15, 0.2) is 95.7 Å². The molecule has 1 spiro atoms. The van der Waals surface area contributed by atoms with Crippen molar-refractivity contribution in [3.05, 3.63) is 117 Å². The lowest BCUT2D eigenvalue weighted by Gasteiger charge is -2.47. The number of nitrogens with zero attached hydrogens (tertiary/aromatic N) is 4. The van der Waals surface area contributed by atoms with Crippen molar-refractivity contribution in [2.24, 2.45) is 5.41 Å². The van der Waals surface area contributed by atoms with Gasteiger partial charge in [-0.1, -0.05) is 35.7 Å². The number of carbonyl (C=O) groups excluding carboxylic acids is 1. The number of fused-ring (bicyclic) bond motifs is 1. The summed E-state index contributed by atoms with van der Waals surface area (Å²) >= 11 is 6.27. The van der Waals surface area contributed by atoms with Crippen molar-refractivity contribution >= 4 is 61.2 Å². The summed E-state index contributed by atoms with van der Waals surface area (Å²) in [5, 5.41) is 16.5. The highest BCUT2D eigenvalue weighted by Crippen LogP contribution is 2.55. The fourth-order valence-corrected chi connectivity index (χ4v) is 10.1. The second-order valence-corrected chi connectivity index (χ2v) is 18.7. The van der Waals surface area contributed by atoms with Crippen molar-refractivity contribution in [2.75, 3.05) is 69.3 Å². The van der Waals surface area contributed by atoms with Gasteiger partial charge >= 0.3 is 0 Å². The number of allylic oxidation sites excluding steroid dienone is 1. The number of piperazine rings is 1. The van der Waals surface area contributed by atoms with Crippen LogP contribution in [0.1, 0.15) is 54.4 Å². The molecule has 0 bridgehead atoms. The summed E-state index contributed by atoms with van der Waals surface area (Å²) in [5.74, 6) is -0.494. The van der Waals surface area contributed by atoms with Gasteiger partial charge in [0.15, 0.2) is 0 Å². The molecule has 4 aliphatic rings. The van der Waals surface area contributed by atoms with Crippen molar-refractivity contribution in [1.82, 2.24) is 19.6 Å². The third-order valence-corrected chi connectivity index (χ3v) is 14.2. The first-order chi connectivity index (χ1) is 30.0. The number of ether oxygens (including phenoxy) is 3. The van der Waals surface area contributed by atoms with Crippen molar-refractivity contribution < 1.29 is 32.3 Å². The van der Waals surface area contributed by atoms with Gasteiger partial charge < -0.3 is 29.4 Å². The van der Waals surface area contributed by atoms with E-state index in [9.17, 15) is 23.3 Å². The summed E-state index contributed by atoms with van der Waals surface area (Å²) < 4.78 is 46.7. The van der Waals surface area contributed by atoms with Crippen molar-refractivity contribution in [3.8, 4) is 11.5 Å². The second kappa shape index (κ2) is 17.7. The number of aromatic amines is 1. The molecule has 1 amide bonds. The Hall–Kier alpha value is -5.52. The van der Waals surface area contributed by atoms with E-state index in [4.69, 9.17) is 25.8 Å². The Morgan fingerprint density at radius 1 is 1.02 bits per heavy atom. The molecule has 3 N–H and O–H groups in total. The summed E-state index contributed by atoms with van der Waals surface area (Å²) in [5.41, 5.74) is 5.75. The number of hydrogen-bond donors (Lipinski definition) is 3. The van der Waals surface area contributed by atoms with Gasteiger partial charge in [-0.15, -0.1) is 0 Å². The van der Waals surface area contributed by atoms with Crippen LogP contribution in [0.5, 0.6) is 11.5 Å². The van der Waals surface area contributed by atoms with Gasteiger partial charge in [0.25, 0.3) is 21.6 Å². The highest BCUT2D eigenvalue weighted by Gasteiger charge is 2.41. The minimum absolute atomic E-state index is 0.0455. The van der Waals surface area contributed by atoms with Gasteiger partial charge in [-0.25, -0.2) is 18.1 Å². The zero-order valence-corrected chi connectivity index (χ0v) is 35.7. The normalized spacial score (nSPS) is 19.3. The molecule has 1 atom stereocenters. The minimum Gasteiger partial charge on any atom is -0.455 e. The van der Waals surface area contributed by atoms with Gasteiger partial charge in [0.2, 0.25) is 0 Å². The molecule has 1 unspecified atom stereocenters. The molecule has 3 fully saturated rings. The van der Waals surface area contributed by atoms with Gasteiger partial charge in [0.1, 0.15) is 22.8 Å². The smallest absolute Gasteiger partial charge is 0.293 e. The summed E-state index contributed by atoms with van der Waals surface area (Å²) in [6.07, 6.45) is 10.4. The zero-order chi connectivity index (χ0) is 42.8. The van der Waals surface area contributed by atoms with E-state index >= 15 is 0 Å². The number of nitro groups is 1. The van der Waals surface area contributed by atoms with Crippen molar-refractivity contribution in [2.45, 2.75) is 49.5 Å². The molecule has 3 aromatic carbocycles. The third kappa shape index (κ3) is 9.15. The van der Waals surface area contributed by atoms with Gasteiger partial charge in [-0.3, -0.25) is 19.8 Å². The molecule has 9 rings (SSSR count). The van der Waals surface area contributed by atoms with E-state index in [1.54, 1.807) is 24.4 Å². The lowest BCUT2D eigenvalue weighted by Crippen LogP contribution is -2.47. The number of nitrogens with one attached hydrogen (secondary N) is 3. The van der Waals surface area contributed by atoms with Crippen LogP contribution in [0.4, 0.5) is 17.1 Å². The number of halogens is 1. The monoisotopic (exact) mass is 881 g/mol. The van der Waals surface area contributed by atoms with E-state index in [0.29, 0.717) is 36.6 Å². The first-order valence-corrected chi connectivity index (χ1v) is 22.9. The number of carbonyl (C=O) groups is 1. The highest BCUT2D eigenvalue weighted by atomic mass is 35.5. The van der Waals surface area contributed by atoms with E-state index in [1.807, 2.05) is 18.2 Å². The number of anilines is 2. The Morgan fingerprint density at radius 3 is 2.58 bits per heavy atom. The summed E-state index contributed by atoms with van der Waals surface area (Å²) in [4.78, 5) is 37.0. The molecule has 2 aromatic heterocycles.